The van der Waals surface area contributed by atoms with Crippen LogP contribution in [-0.4, -0.2) is 67.0 Å². The van der Waals surface area contributed by atoms with Gasteiger partial charge in [-0.05, 0) is 42.2 Å². The molecule has 3 atom stereocenters. The normalized spacial score (nSPS) is 18.8. The molecule has 1 saturated heterocycles. The van der Waals surface area contributed by atoms with E-state index in [-0.39, 0.29) is 44.1 Å². The molecule has 1 unspecified atom stereocenters. The molecule has 2 aromatic rings. The number of halogens is 1. The number of amides is 1. The lowest BCUT2D eigenvalue weighted by Crippen LogP contribution is -2.46. The zero-order valence-electron chi connectivity index (χ0n) is 19.9. The summed E-state index contributed by atoms with van der Waals surface area (Å²) < 4.78 is 35.3. The Labute approximate surface area is 214 Å². The van der Waals surface area contributed by atoms with Crippen molar-refractivity contribution in [2.45, 2.75) is 18.4 Å². The molecule has 0 aliphatic carbocycles. The smallest absolute Gasteiger partial charge is 0.409 e. The number of ether oxygens (including phenoxy) is 4. The van der Waals surface area contributed by atoms with Crippen LogP contribution in [0.25, 0.3) is 0 Å². The van der Waals surface area contributed by atoms with Gasteiger partial charge in [0, 0.05) is 25.1 Å². The van der Waals surface area contributed by atoms with Crippen molar-refractivity contribution in [2.75, 3.05) is 39.7 Å². The van der Waals surface area contributed by atoms with Crippen LogP contribution in [-0.2, 0) is 14.4 Å². The monoisotopic (exact) mass is 537 g/mol. The fourth-order valence-electron chi connectivity index (χ4n) is 4.32. The molecule has 0 bridgehead atoms. The molecule has 0 N–H and O–H groups in total. The van der Waals surface area contributed by atoms with Gasteiger partial charge in [0.25, 0.3) is 10.2 Å². The quantitative estimate of drug-likeness (QED) is 0.306. The van der Waals surface area contributed by atoms with Crippen LogP contribution >= 0.6 is 0 Å². The first-order chi connectivity index (χ1) is 18.3. The third-order valence-electron chi connectivity index (χ3n) is 6.09. The van der Waals surface area contributed by atoms with Crippen LogP contribution in [0.3, 0.4) is 0 Å². The highest BCUT2D eigenvalue weighted by Crippen LogP contribution is 2.37. The molecular formula is C23H24FN3O11. The molecule has 2 aliphatic rings. The lowest BCUT2D eigenvalue weighted by Gasteiger charge is -2.38. The number of carbonyl (C=O) groups is 1. The second-order valence-corrected chi connectivity index (χ2v) is 8.53. The zero-order chi connectivity index (χ0) is 27.1. The number of piperidine rings is 1. The van der Waals surface area contributed by atoms with Crippen LogP contribution < -0.4 is 14.2 Å². The van der Waals surface area contributed by atoms with E-state index in [1.54, 1.807) is 30.3 Å². The summed E-state index contributed by atoms with van der Waals surface area (Å²) in [6.45, 7) is -0.610. The van der Waals surface area contributed by atoms with Crippen LogP contribution in [0.15, 0.2) is 42.5 Å². The lowest BCUT2D eigenvalue weighted by atomic mass is 9.81. The highest BCUT2D eigenvalue weighted by atomic mass is 19.1. The molecule has 1 fully saturated rings. The lowest BCUT2D eigenvalue weighted by molar-refractivity contribution is -0.790. The minimum absolute atomic E-state index is 0.0623. The van der Waals surface area contributed by atoms with Crippen LogP contribution in [0.4, 0.5) is 9.18 Å². The van der Waals surface area contributed by atoms with E-state index in [4.69, 9.17) is 18.9 Å². The minimum atomic E-state index is -1.48. The number of fused-ring (bicyclic) bond motifs is 1. The molecule has 2 heterocycles. The number of likely N-dealkylation sites (tertiary alicyclic amines) is 1. The van der Waals surface area contributed by atoms with Crippen LogP contribution in [0.1, 0.15) is 17.9 Å². The maximum Gasteiger partial charge on any atom is 0.409 e. The molecule has 38 heavy (non-hydrogen) atoms. The summed E-state index contributed by atoms with van der Waals surface area (Å²) in [4.78, 5) is 43.6. The number of hydrogen-bond acceptors (Lipinski definition) is 11. The van der Waals surface area contributed by atoms with Crippen LogP contribution in [0, 0.1) is 32.0 Å². The van der Waals surface area contributed by atoms with Gasteiger partial charge in [0.15, 0.2) is 17.6 Å². The van der Waals surface area contributed by atoms with E-state index in [0.29, 0.717) is 23.7 Å². The molecule has 2 aromatic carbocycles. The van der Waals surface area contributed by atoms with Gasteiger partial charge in [-0.3, -0.25) is 0 Å². The Morgan fingerprint density at radius 1 is 1.08 bits per heavy atom. The van der Waals surface area contributed by atoms with Crippen molar-refractivity contribution in [3.05, 3.63) is 74.1 Å². The molecule has 15 heteroatoms. The number of benzene rings is 2. The molecular weight excluding hydrogens is 513 g/mol. The summed E-state index contributed by atoms with van der Waals surface area (Å²) in [7, 11) is 0. The Bertz CT molecular complexity index is 1150. The summed E-state index contributed by atoms with van der Waals surface area (Å²) in [6, 6.07) is 11.3. The van der Waals surface area contributed by atoms with E-state index in [2.05, 4.69) is 9.68 Å². The van der Waals surface area contributed by atoms with Gasteiger partial charge >= 0.3 is 6.09 Å². The van der Waals surface area contributed by atoms with Gasteiger partial charge in [-0.2, -0.15) is 0 Å². The van der Waals surface area contributed by atoms with Gasteiger partial charge in [-0.1, -0.05) is 12.1 Å². The first kappa shape index (κ1) is 26.5. The van der Waals surface area contributed by atoms with Crippen molar-refractivity contribution in [3.63, 3.8) is 0 Å². The van der Waals surface area contributed by atoms with E-state index >= 15 is 0 Å². The average molecular weight is 537 g/mol. The molecule has 0 saturated carbocycles. The Morgan fingerprint density at radius 3 is 2.58 bits per heavy atom. The fourth-order valence-corrected chi connectivity index (χ4v) is 4.32. The highest BCUT2D eigenvalue weighted by Gasteiger charge is 2.34. The van der Waals surface area contributed by atoms with Crippen molar-refractivity contribution >= 4 is 6.09 Å². The van der Waals surface area contributed by atoms with E-state index in [1.807, 2.05) is 0 Å². The average Bonchev–Trinajstić information content (AvgIpc) is 3.37. The van der Waals surface area contributed by atoms with E-state index in [9.17, 15) is 29.4 Å². The predicted molar refractivity (Wildman–Crippen MR) is 123 cm³/mol. The summed E-state index contributed by atoms with van der Waals surface area (Å²) in [5.74, 6) is 1.05. The second-order valence-electron chi connectivity index (χ2n) is 8.53. The van der Waals surface area contributed by atoms with Gasteiger partial charge < -0.3 is 33.5 Å². The van der Waals surface area contributed by atoms with Crippen molar-refractivity contribution in [3.8, 4) is 17.2 Å². The Morgan fingerprint density at radius 2 is 1.84 bits per heavy atom. The van der Waals surface area contributed by atoms with Gasteiger partial charge in [0.05, 0.1) is 6.61 Å². The minimum Gasteiger partial charge on any atom is -0.493 e. The first-order valence-electron chi connectivity index (χ1n) is 11.6. The van der Waals surface area contributed by atoms with Gasteiger partial charge in [-0.15, -0.1) is 20.2 Å². The maximum absolute atomic E-state index is 13.5. The second kappa shape index (κ2) is 12.1. The molecule has 0 spiro atoms. The molecule has 4 rings (SSSR count). The molecule has 14 nitrogen and oxygen atoms in total. The Hall–Kier alpha value is -4.56. The number of rotatable bonds is 11. The standard InChI is InChI=1S/C23H24FN3O11/c24-17-3-1-15(2-4-17)20-7-8-25(23(28)34-12-19(38-27(31)32)13-37-26(29)30)10-16(20)11-33-18-5-6-21-22(9-18)36-14-35-21/h1-6,9,16,19-20H,7-8,10-14H2/t16-,19?,20-/m0/s1. The van der Waals surface area contributed by atoms with Gasteiger partial charge in [0.1, 0.15) is 24.8 Å². The third-order valence-corrected chi connectivity index (χ3v) is 6.09. The van der Waals surface area contributed by atoms with Crippen molar-refractivity contribution in [2.24, 2.45) is 5.92 Å². The predicted octanol–water partition coefficient (Wildman–Crippen LogP) is 2.96. The molecule has 0 radical (unpaired) electrons. The summed E-state index contributed by atoms with van der Waals surface area (Å²) in [5, 5.41) is 18.7. The van der Waals surface area contributed by atoms with Crippen LogP contribution in [0.2, 0.25) is 0 Å². The number of hydrogen-bond donors (Lipinski definition) is 0. The van der Waals surface area contributed by atoms with E-state index in [0.717, 1.165) is 5.56 Å². The molecule has 0 aromatic heterocycles. The highest BCUT2D eigenvalue weighted by molar-refractivity contribution is 5.67. The summed E-state index contributed by atoms with van der Waals surface area (Å²) in [6.07, 6.45) is -1.76. The number of carbonyl (C=O) groups excluding carboxylic acids is 1. The largest absolute Gasteiger partial charge is 0.493 e. The SMILES string of the molecule is O=C(OCC(CO[N+](=O)[O-])O[N+](=O)[O-])N1CC[C@@H](c2ccc(F)cc2)[C@H](COc2ccc3c(c2)OCO3)C1. The van der Waals surface area contributed by atoms with Crippen molar-refractivity contribution in [1.29, 1.82) is 0 Å². The zero-order valence-corrected chi connectivity index (χ0v) is 19.9. The third kappa shape index (κ3) is 7.02. The summed E-state index contributed by atoms with van der Waals surface area (Å²) in [5.41, 5.74) is 0.884. The molecule has 204 valence electrons. The Kier molecular flexibility index (Phi) is 8.45. The van der Waals surface area contributed by atoms with E-state index < -0.39 is 35.6 Å². The fraction of sp³-hybridized carbons (Fsp3) is 0.435. The first-order valence-corrected chi connectivity index (χ1v) is 11.6. The topological polar surface area (TPSA) is 162 Å². The van der Waals surface area contributed by atoms with Gasteiger partial charge in [0.2, 0.25) is 6.79 Å². The van der Waals surface area contributed by atoms with Crippen LogP contribution in [0.5, 0.6) is 17.2 Å². The van der Waals surface area contributed by atoms with E-state index in [1.165, 1.54) is 17.0 Å². The number of nitrogens with zero attached hydrogens (tertiary/aromatic N) is 3. The van der Waals surface area contributed by atoms with Crippen molar-refractivity contribution < 1.29 is 48.0 Å². The van der Waals surface area contributed by atoms with Crippen molar-refractivity contribution in [1.82, 2.24) is 4.90 Å². The molecule has 1 amide bonds. The molecule has 2 aliphatic heterocycles. The Balaban J connectivity index is 1.41. The summed E-state index contributed by atoms with van der Waals surface area (Å²) >= 11 is 0. The maximum atomic E-state index is 13.5. The van der Waals surface area contributed by atoms with Gasteiger partial charge in [-0.25, -0.2) is 9.18 Å².